The number of unbranched alkanes of at least 4 members (excludes halogenated alkanes) is 11. The van der Waals surface area contributed by atoms with Crippen molar-refractivity contribution in [3.63, 3.8) is 0 Å². The Morgan fingerprint density at radius 2 is 1.23 bits per heavy atom. The van der Waals surface area contributed by atoms with E-state index in [4.69, 9.17) is 25.2 Å². The smallest absolute Gasteiger partial charge is 0.330 e. The number of carbonyl (C=O) groups is 1. The Morgan fingerprint density at radius 3 is 1.53 bits per heavy atom. The van der Waals surface area contributed by atoms with Crippen molar-refractivity contribution in [2.24, 2.45) is 11.3 Å². The summed E-state index contributed by atoms with van der Waals surface area (Å²) >= 11 is 0. The van der Waals surface area contributed by atoms with Crippen molar-refractivity contribution < 1.29 is 30.0 Å². The van der Waals surface area contributed by atoms with Gasteiger partial charge in [-0.1, -0.05) is 91.1 Å². The summed E-state index contributed by atoms with van der Waals surface area (Å²) in [5.74, 6) is -0.606. The fraction of sp³-hybridized carbons (Fsp3) is 0.875. The summed E-state index contributed by atoms with van der Waals surface area (Å²) in [6, 6.07) is 0. The van der Waals surface area contributed by atoms with Gasteiger partial charge in [0.15, 0.2) is 0 Å². The van der Waals surface area contributed by atoms with E-state index in [2.05, 4.69) is 13.5 Å². The molecule has 0 aliphatic carbocycles. The van der Waals surface area contributed by atoms with Crippen LogP contribution in [-0.4, -0.2) is 59.4 Å². The van der Waals surface area contributed by atoms with Crippen molar-refractivity contribution in [1.29, 1.82) is 0 Å². The molecule has 0 rings (SSSR count). The molecule has 6 heteroatoms. The second-order valence-electron chi connectivity index (χ2n) is 8.18. The first-order valence-electron chi connectivity index (χ1n) is 11.7. The molecule has 0 aromatic carbocycles. The van der Waals surface area contributed by atoms with Crippen LogP contribution in [0.2, 0.25) is 0 Å². The maximum atomic E-state index is 10.8. The Hall–Kier alpha value is -0.950. The molecule has 0 amide bonds. The van der Waals surface area contributed by atoms with Gasteiger partial charge in [0.1, 0.15) is 0 Å². The molecule has 1 unspecified atom stereocenters. The number of carbonyl (C=O) groups excluding carboxylic acids is 1. The van der Waals surface area contributed by atoms with Crippen molar-refractivity contribution in [2.75, 3.05) is 33.0 Å². The molecule has 0 heterocycles. The van der Waals surface area contributed by atoms with E-state index in [1.807, 2.05) is 0 Å². The van der Waals surface area contributed by atoms with Gasteiger partial charge >= 0.3 is 5.97 Å². The van der Waals surface area contributed by atoms with Crippen LogP contribution in [-0.2, 0) is 9.53 Å². The second-order valence-corrected chi connectivity index (χ2v) is 8.18. The minimum absolute atomic E-state index is 0.151. The van der Waals surface area contributed by atoms with Crippen molar-refractivity contribution >= 4 is 5.97 Å². The van der Waals surface area contributed by atoms with Gasteiger partial charge in [0.2, 0.25) is 0 Å². The summed E-state index contributed by atoms with van der Waals surface area (Å²) in [7, 11) is 0. The third kappa shape index (κ3) is 16.8. The molecular formula is C24H48O6. The molecule has 0 aromatic rings. The van der Waals surface area contributed by atoms with Crippen molar-refractivity contribution in [3.05, 3.63) is 12.7 Å². The van der Waals surface area contributed by atoms with E-state index < -0.39 is 5.41 Å². The summed E-state index contributed by atoms with van der Waals surface area (Å²) in [5.41, 5.74) is -0.950. The molecule has 4 N–H and O–H groups in total. The molecule has 0 saturated heterocycles. The molecule has 0 aliphatic heterocycles. The molecule has 0 spiro atoms. The minimum atomic E-state index is -0.950. The highest BCUT2D eigenvalue weighted by atomic mass is 16.5. The summed E-state index contributed by atoms with van der Waals surface area (Å²) in [4.78, 5) is 10.8. The van der Waals surface area contributed by atoms with E-state index in [0.717, 1.165) is 6.42 Å². The van der Waals surface area contributed by atoms with E-state index in [1.165, 1.54) is 76.7 Å². The molecule has 0 fully saturated rings. The fourth-order valence-electron chi connectivity index (χ4n) is 2.99. The summed E-state index contributed by atoms with van der Waals surface area (Å²) < 4.78 is 4.93. The highest BCUT2D eigenvalue weighted by Crippen LogP contribution is 2.25. The molecule has 0 saturated carbocycles. The van der Waals surface area contributed by atoms with E-state index >= 15 is 0 Å². The Morgan fingerprint density at radius 1 is 0.833 bits per heavy atom. The topological polar surface area (TPSA) is 107 Å². The molecule has 0 aromatic heterocycles. The zero-order valence-corrected chi connectivity index (χ0v) is 19.5. The van der Waals surface area contributed by atoms with Gasteiger partial charge in [-0.25, -0.2) is 4.79 Å². The minimum Gasteiger partial charge on any atom is -0.463 e. The number of esters is 1. The molecular weight excluding hydrogens is 384 g/mol. The van der Waals surface area contributed by atoms with Crippen LogP contribution < -0.4 is 0 Å². The molecule has 0 aliphatic rings. The van der Waals surface area contributed by atoms with Gasteiger partial charge in [-0.3, -0.25) is 0 Å². The van der Waals surface area contributed by atoms with Gasteiger partial charge in [0.25, 0.3) is 0 Å². The van der Waals surface area contributed by atoms with Crippen LogP contribution in [0.25, 0.3) is 0 Å². The molecule has 180 valence electrons. The summed E-state index contributed by atoms with van der Waals surface area (Å²) in [6.07, 6.45) is 17.1. The van der Waals surface area contributed by atoms with E-state index in [9.17, 15) is 4.79 Å². The third-order valence-corrected chi connectivity index (χ3v) is 5.67. The number of hydrogen-bond acceptors (Lipinski definition) is 6. The number of aliphatic hydroxyl groups is 4. The Balaban J connectivity index is 0. The Bertz CT molecular complexity index is 374. The fourth-order valence-corrected chi connectivity index (χ4v) is 2.99. The average molecular weight is 433 g/mol. The first kappa shape index (κ1) is 31.2. The maximum absolute atomic E-state index is 10.8. The Labute approximate surface area is 184 Å². The van der Waals surface area contributed by atoms with Crippen LogP contribution >= 0.6 is 0 Å². The zero-order chi connectivity index (χ0) is 23.1. The van der Waals surface area contributed by atoms with Gasteiger partial charge in [0.05, 0.1) is 26.4 Å². The lowest BCUT2D eigenvalue weighted by Gasteiger charge is -2.32. The van der Waals surface area contributed by atoms with Crippen molar-refractivity contribution in [1.82, 2.24) is 0 Å². The van der Waals surface area contributed by atoms with E-state index in [1.54, 1.807) is 6.92 Å². The predicted octanol–water partition coefficient (Wildman–Crippen LogP) is 3.99. The van der Waals surface area contributed by atoms with Gasteiger partial charge in [-0.15, -0.1) is 0 Å². The average Bonchev–Trinajstić information content (AvgIpc) is 2.78. The third-order valence-electron chi connectivity index (χ3n) is 5.67. The van der Waals surface area contributed by atoms with E-state index in [0.29, 0.717) is 6.61 Å². The largest absolute Gasteiger partial charge is 0.463 e. The Kier molecular flexibility index (Phi) is 23.7. The highest BCUT2D eigenvalue weighted by Gasteiger charge is 2.34. The number of ether oxygens (including phenoxy) is 1. The van der Waals surface area contributed by atoms with Crippen molar-refractivity contribution in [3.8, 4) is 0 Å². The zero-order valence-electron chi connectivity index (χ0n) is 19.5. The standard InChI is InChI=1S/C17H32O2.C7H16O4/c1-3-5-6-7-8-9-10-11-12-13-14-15-16-19-17(18)4-2;1-6(2-8)7(3-9,4-10)5-11/h4H,2-3,5-16H2,1H3;6,8-11H,2-5H2,1H3. The maximum Gasteiger partial charge on any atom is 0.330 e. The van der Waals surface area contributed by atoms with Gasteiger partial charge in [0, 0.05) is 18.1 Å². The first-order chi connectivity index (χ1) is 14.5. The predicted molar refractivity (Wildman–Crippen MR) is 122 cm³/mol. The van der Waals surface area contributed by atoms with Crippen LogP contribution in [0.15, 0.2) is 12.7 Å². The quantitative estimate of drug-likeness (QED) is 0.140. The molecule has 6 nitrogen and oxygen atoms in total. The van der Waals surface area contributed by atoms with Crippen LogP contribution in [0.5, 0.6) is 0 Å². The summed E-state index contributed by atoms with van der Waals surface area (Å²) in [5, 5.41) is 35.3. The van der Waals surface area contributed by atoms with E-state index in [-0.39, 0.29) is 38.3 Å². The first-order valence-corrected chi connectivity index (χ1v) is 11.7. The SMILES string of the molecule is C=CC(=O)OCCCCCCCCCCCCCC.CC(CO)C(CO)(CO)CO. The number of aliphatic hydroxyl groups excluding tert-OH is 4. The monoisotopic (exact) mass is 432 g/mol. The second kappa shape index (κ2) is 22.7. The lowest BCUT2D eigenvalue weighted by Crippen LogP contribution is -2.41. The van der Waals surface area contributed by atoms with Crippen LogP contribution in [0.4, 0.5) is 0 Å². The molecule has 0 radical (unpaired) electrons. The lowest BCUT2D eigenvalue weighted by atomic mass is 9.79. The number of rotatable bonds is 19. The van der Waals surface area contributed by atoms with Crippen LogP contribution in [0.3, 0.4) is 0 Å². The van der Waals surface area contributed by atoms with Crippen LogP contribution in [0, 0.1) is 11.3 Å². The van der Waals surface area contributed by atoms with Crippen LogP contribution in [0.1, 0.15) is 90.9 Å². The molecule has 30 heavy (non-hydrogen) atoms. The number of hydrogen-bond donors (Lipinski definition) is 4. The molecule has 1 atom stereocenters. The normalized spacial score (nSPS) is 12.1. The van der Waals surface area contributed by atoms with Gasteiger partial charge in [-0.2, -0.15) is 0 Å². The highest BCUT2D eigenvalue weighted by molar-refractivity contribution is 5.81. The molecule has 0 bridgehead atoms. The summed E-state index contributed by atoms with van der Waals surface area (Å²) in [6.45, 7) is 6.74. The van der Waals surface area contributed by atoms with Crippen molar-refractivity contribution in [2.45, 2.75) is 90.9 Å². The lowest BCUT2D eigenvalue weighted by molar-refractivity contribution is -0.137. The van der Waals surface area contributed by atoms with Gasteiger partial charge < -0.3 is 25.2 Å². The van der Waals surface area contributed by atoms with Gasteiger partial charge in [-0.05, 0) is 12.3 Å².